The fourth-order valence-electron chi connectivity index (χ4n) is 2.48. The van der Waals surface area contributed by atoms with Gasteiger partial charge in [-0.1, -0.05) is 11.6 Å². The maximum atomic E-state index is 11.7. The Morgan fingerprint density at radius 3 is 3.15 bits per heavy atom. The van der Waals surface area contributed by atoms with E-state index in [0.29, 0.717) is 18.6 Å². The monoisotopic (exact) mass is 180 g/mol. The second-order valence-electron chi connectivity index (χ2n) is 4.42. The zero-order chi connectivity index (χ0) is 9.47. The zero-order valence-electron chi connectivity index (χ0n) is 8.05. The number of hydrogen-bond donors (Lipinski definition) is 1. The summed E-state index contributed by atoms with van der Waals surface area (Å²) in [6.07, 6.45) is 5.82. The highest BCUT2D eigenvalue weighted by Gasteiger charge is 2.41. The molecule has 1 saturated carbocycles. The molecular weight excluding hydrogens is 164 g/mol. The van der Waals surface area contributed by atoms with Crippen molar-refractivity contribution in [2.75, 3.05) is 0 Å². The Hall–Kier alpha value is -0.630. The van der Waals surface area contributed by atoms with E-state index in [1.165, 1.54) is 5.57 Å². The van der Waals surface area contributed by atoms with Gasteiger partial charge in [-0.2, -0.15) is 0 Å². The van der Waals surface area contributed by atoms with Gasteiger partial charge in [0.25, 0.3) is 0 Å². The molecular formula is C11H16O2. The van der Waals surface area contributed by atoms with Crippen molar-refractivity contribution in [2.24, 2.45) is 5.41 Å². The molecule has 1 fully saturated rings. The lowest BCUT2D eigenvalue weighted by Crippen LogP contribution is -2.38. The van der Waals surface area contributed by atoms with Crippen LogP contribution >= 0.6 is 0 Å². The van der Waals surface area contributed by atoms with Gasteiger partial charge in [0.1, 0.15) is 5.78 Å². The SMILES string of the molecule is C[C@]12CC[C@H](O)CC1=CCCC2=O. The van der Waals surface area contributed by atoms with E-state index >= 15 is 0 Å². The molecule has 2 rings (SSSR count). The molecule has 0 unspecified atom stereocenters. The van der Waals surface area contributed by atoms with Crippen LogP contribution in [0.5, 0.6) is 0 Å². The molecule has 0 radical (unpaired) electrons. The number of rotatable bonds is 0. The van der Waals surface area contributed by atoms with Crippen LogP contribution in [-0.2, 0) is 4.79 Å². The van der Waals surface area contributed by atoms with Crippen molar-refractivity contribution in [1.82, 2.24) is 0 Å². The summed E-state index contributed by atoms with van der Waals surface area (Å²) in [5.74, 6) is 0.372. The molecule has 13 heavy (non-hydrogen) atoms. The summed E-state index contributed by atoms with van der Waals surface area (Å²) in [7, 11) is 0. The van der Waals surface area contributed by atoms with Gasteiger partial charge >= 0.3 is 0 Å². The summed E-state index contributed by atoms with van der Waals surface area (Å²) in [4.78, 5) is 11.7. The van der Waals surface area contributed by atoms with Crippen molar-refractivity contribution in [3.05, 3.63) is 11.6 Å². The highest BCUT2D eigenvalue weighted by molar-refractivity contribution is 5.89. The van der Waals surface area contributed by atoms with E-state index in [1.54, 1.807) is 0 Å². The third-order valence-electron chi connectivity index (χ3n) is 3.52. The maximum absolute atomic E-state index is 11.7. The molecule has 0 aromatic heterocycles. The van der Waals surface area contributed by atoms with Crippen LogP contribution in [-0.4, -0.2) is 17.0 Å². The van der Waals surface area contributed by atoms with Crippen LogP contribution in [0.3, 0.4) is 0 Å². The van der Waals surface area contributed by atoms with Gasteiger partial charge in [-0.25, -0.2) is 0 Å². The summed E-state index contributed by atoms with van der Waals surface area (Å²) in [5, 5.41) is 9.50. The Morgan fingerprint density at radius 1 is 1.62 bits per heavy atom. The minimum Gasteiger partial charge on any atom is -0.393 e. The second-order valence-corrected chi connectivity index (χ2v) is 4.42. The van der Waals surface area contributed by atoms with Crippen LogP contribution in [0.1, 0.15) is 39.0 Å². The molecule has 0 spiro atoms. The quantitative estimate of drug-likeness (QED) is 0.577. The molecule has 2 nitrogen and oxygen atoms in total. The number of Topliss-reactive ketones (excluding diaryl/α,β-unsaturated/α-hetero) is 1. The number of allylic oxidation sites excluding steroid dienone is 1. The van der Waals surface area contributed by atoms with Crippen LogP contribution in [0.2, 0.25) is 0 Å². The molecule has 0 aromatic carbocycles. The Labute approximate surface area is 78.6 Å². The summed E-state index contributed by atoms with van der Waals surface area (Å²) in [6.45, 7) is 2.03. The van der Waals surface area contributed by atoms with Crippen molar-refractivity contribution in [3.8, 4) is 0 Å². The van der Waals surface area contributed by atoms with Crippen LogP contribution < -0.4 is 0 Å². The first-order valence-electron chi connectivity index (χ1n) is 5.04. The Morgan fingerprint density at radius 2 is 2.38 bits per heavy atom. The van der Waals surface area contributed by atoms with E-state index in [1.807, 2.05) is 6.92 Å². The number of fused-ring (bicyclic) bond motifs is 1. The van der Waals surface area contributed by atoms with Crippen molar-refractivity contribution in [2.45, 2.75) is 45.1 Å². The van der Waals surface area contributed by atoms with Crippen LogP contribution in [0.15, 0.2) is 11.6 Å². The van der Waals surface area contributed by atoms with Crippen LogP contribution in [0, 0.1) is 5.41 Å². The second kappa shape index (κ2) is 2.95. The van der Waals surface area contributed by atoms with E-state index < -0.39 is 0 Å². The lowest BCUT2D eigenvalue weighted by atomic mass is 9.65. The fourth-order valence-corrected chi connectivity index (χ4v) is 2.48. The first kappa shape index (κ1) is 8.95. The summed E-state index contributed by atoms with van der Waals surface area (Å²) >= 11 is 0. The normalized spacial score (nSPS) is 39.7. The van der Waals surface area contributed by atoms with Crippen LogP contribution in [0.25, 0.3) is 0 Å². The minimum absolute atomic E-state index is 0.217. The summed E-state index contributed by atoms with van der Waals surface area (Å²) < 4.78 is 0. The smallest absolute Gasteiger partial charge is 0.143 e. The molecule has 2 atom stereocenters. The van der Waals surface area contributed by atoms with Gasteiger partial charge in [-0.3, -0.25) is 4.79 Å². The highest BCUT2D eigenvalue weighted by Crippen LogP contribution is 2.44. The number of aliphatic hydroxyl groups excluding tert-OH is 1. The Balaban J connectivity index is 2.30. The molecule has 0 saturated heterocycles. The number of aliphatic hydroxyl groups is 1. The van der Waals surface area contributed by atoms with Crippen molar-refractivity contribution in [1.29, 1.82) is 0 Å². The van der Waals surface area contributed by atoms with Gasteiger partial charge < -0.3 is 5.11 Å². The Kier molecular flexibility index (Phi) is 2.03. The first-order valence-corrected chi connectivity index (χ1v) is 5.04. The topological polar surface area (TPSA) is 37.3 Å². The van der Waals surface area contributed by atoms with Gasteiger partial charge in [-0.05, 0) is 32.6 Å². The van der Waals surface area contributed by atoms with Gasteiger partial charge in [-0.15, -0.1) is 0 Å². The Bertz CT molecular complexity index is 267. The third kappa shape index (κ3) is 1.33. The lowest BCUT2D eigenvalue weighted by molar-refractivity contribution is -0.128. The van der Waals surface area contributed by atoms with Gasteiger partial charge in [0.05, 0.1) is 6.10 Å². The fraction of sp³-hybridized carbons (Fsp3) is 0.727. The summed E-state index contributed by atoms with van der Waals surface area (Å²) in [5.41, 5.74) is 0.958. The van der Waals surface area contributed by atoms with E-state index in [2.05, 4.69) is 6.08 Å². The number of carbonyl (C=O) groups is 1. The molecule has 1 N–H and O–H groups in total. The lowest BCUT2D eigenvalue weighted by Gasteiger charge is -2.39. The average molecular weight is 180 g/mol. The first-order chi connectivity index (χ1) is 6.13. The molecule has 0 heterocycles. The largest absolute Gasteiger partial charge is 0.393 e. The van der Waals surface area contributed by atoms with Crippen molar-refractivity contribution in [3.63, 3.8) is 0 Å². The molecule has 0 bridgehead atoms. The molecule has 72 valence electrons. The zero-order valence-corrected chi connectivity index (χ0v) is 8.05. The van der Waals surface area contributed by atoms with Gasteiger partial charge in [0.2, 0.25) is 0 Å². The molecule has 0 amide bonds. The molecule has 0 aromatic rings. The predicted molar refractivity (Wildman–Crippen MR) is 50.3 cm³/mol. The number of carbonyl (C=O) groups excluding carboxylic acids is 1. The molecule has 2 aliphatic carbocycles. The average Bonchev–Trinajstić information content (AvgIpc) is 2.09. The third-order valence-corrected chi connectivity index (χ3v) is 3.52. The number of hydrogen-bond acceptors (Lipinski definition) is 2. The van der Waals surface area contributed by atoms with Gasteiger partial charge in [0.15, 0.2) is 0 Å². The van der Waals surface area contributed by atoms with E-state index in [-0.39, 0.29) is 11.5 Å². The van der Waals surface area contributed by atoms with E-state index in [9.17, 15) is 9.90 Å². The van der Waals surface area contributed by atoms with Crippen LogP contribution in [0.4, 0.5) is 0 Å². The standard InChI is InChI=1S/C11H16O2/c1-11-6-5-9(12)7-8(11)3-2-4-10(11)13/h3,9,12H,2,4-7H2,1H3/t9-,11-/m0/s1. The number of ketones is 1. The van der Waals surface area contributed by atoms with Gasteiger partial charge in [0, 0.05) is 11.8 Å². The highest BCUT2D eigenvalue weighted by atomic mass is 16.3. The molecule has 2 heteroatoms. The maximum Gasteiger partial charge on any atom is 0.143 e. The van der Waals surface area contributed by atoms with Crippen molar-refractivity contribution >= 4 is 5.78 Å². The molecule has 0 aliphatic heterocycles. The minimum atomic E-state index is -0.225. The van der Waals surface area contributed by atoms with Crippen molar-refractivity contribution < 1.29 is 9.90 Å². The van der Waals surface area contributed by atoms with E-state index in [4.69, 9.17) is 0 Å². The molecule has 2 aliphatic rings. The summed E-state index contributed by atoms with van der Waals surface area (Å²) in [6, 6.07) is 0. The predicted octanol–water partition coefficient (Wildman–Crippen LogP) is 1.83. The van der Waals surface area contributed by atoms with E-state index in [0.717, 1.165) is 19.3 Å².